The van der Waals surface area contributed by atoms with Gasteiger partial charge >= 0.3 is 0 Å². The highest BCUT2D eigenvalue weighted by molar-refractivity contribution is 6.27. The molecule has 0 bridgehead atoms. The number of aromatic nitrogens is 2. The van der Waals surface area contributed by atoms with Gasteiger partial charge in [0, 0.05) is 11.1 Å². The van der Waals surface area contributed by atoms with Gasteiger partial charge in [-0.25, -0.2) is 13.8 Å². The van der Waals surface area contributed by atoms with Crippen molar-refractivity contribution < 1.29 is 31.9 Å². The number of methoxy groups -OCH3 is 1. The van der Waals surface area contributed by atoms with Crippen LogP contribution in [-0.4, -0.2) is 28.2 Å². The van der Waals surface area contributed by atoms with Crippen LogP contribution in [0.15, 0.2) is 24.3 Å². The van der Waals surface area contributed by atoms with E-state index in [-0.39, 0.29) is 22.6 Å². The summed E-state index contributed by atoms with van der Waals surface area (Å²) < 4.78 is 62.6. The summed E-state index contributed by atoms with van der Waals surface area (Å²) >= 11 is 0. The van der Waals surface area contributed by atoms with Crippen LogP contribution in [0.4, 0.5) is 17.6 Å². The van der Waals surface area contributed by atoms with E-state index in [1.807, 2.05) is 0 Å². The number of halogens is 4. The van der Waals surface area contributed by atoms with Crippen LogP contribution in [-0.2, 0) is 0 Å². The Hall–Kier alpha value is -3.49. The smallest absolute Gasteiger partial charge is 0.214 e. The molecule has 0 aliphatic heterocycles. The molecular formula is C19H10F4N2O3. The average Bonchev–Trinajstić information content (AvgIpc) is 3.03. The Morgan fingerprint density at radius 2 is 1.43 bits per heavy atom. The van der Waals surface area contributed by atoms with Crippen LogP contribution in [0.25, 0.3) is 5.69 Å². The lowest BCUT2D eigenvalue weighted by atomic mass is 9.90. The zero-order chi connectivity index (χ0) is 20.3. The molecule has 0 N–H and O–H groups in total. The van der Waals surface area contributed by atoms with Crippen molar-refractivity contribution >= 4 is 11.6 Å². The zero-order valence-corrected chi connectivity index (χ0v) is 14.4. The largest absolute Gasteiger partial charge is 0.491 e. The van der Waals surface area contributed by atoms with Gasteiger partial charge < -0.3 is 4.74 Å². The van der Waals surface area contributed by atoms with Gasteiger partial charge in [-0.3, -0.25) is 14.2 Å². The van der Waals surface area contributed by atoms with E-state index >= 15 is 0 Å². The maximum Gasteiger partial charge on any atom is 0.214 e. The predicted molar refractivity (Wildman–Crippen MR) is 88.0 cm³/mol. The van der Waals surface area contributed by atoms with Crippen molar-refractivity contribution in [2.24, 2.45) is 0 Å². The van der Waals surface area contributed by atoms with Gasteiger partial charge in [0.2, 0.25) is 23.2 Å². The maximum atomic E-state index is 14.6. The van der Waals surface area contributed by atoms with Crippen molar-refractivity contribution in [1.29, 1.82) is 0 Å². The van der Waals surface area contributed by atoms with Gasteiger partial charge in [-0.1, -0.05) is 24.3 Å². The Kier molecular flexibility index (Phi) is 3.84. The fourth-order valence-electron chi connectivity index (χ4n) is 3.28. The van der Waals surface area contributed by atoms with E-state index < -0.39 is 52.0 Å². The van der Waals surface area contributed by atoms with E-state index in [4.69, 9.17) is 0 Å². The molecule has 1 aromatic heterocycles. The number of ketones is 2. The van der Waals surface area contributed by atoms with Crippen molar-refractivity contribution in [1.82, 2.24) is 9.55 Å². The second kappa shape index (κ2) is 6.01. The highest BCUT2D eigenvalue weighted by Crippen LogP contribution is 2.36. The Bertz CT molecular complexity index is 1170. The van der Waals surface area contributed by atoms with Crippen LogP contribution in [0.3, 0.4) is 0 Å². The van der Waals surface area contributed by atoms with Gasteiger partial charge in [0.25, 0.3) is 0 Å². The van der Waals surface area contributed by atoms with Crippen molar-refractivity contribution in [2.75, 3.05) is 7.11 Å². The van der Waals surface area contributed by atoms with Crippen molar-refractivity contribution in [3.8, 4) is 11.4 Å². The van der Waals surface area contributed by atoms with E-state index in [9.17, 15) is 27.2 Å². The molecule has 2 aromatic carbocycles. The zero-order valence-electron chi connectivity index (χ0n) is 14.4. The molecule has 0 saturated heterocycles. The highest BCUT2D eigenvalue weighted by Gasteiger charge is 2.38. The third-order valence-corrected chi connectivity index (χ3v) is 4.52. The van der Waals surface area contributed by atoms with E-state index in [2.05, 4.69) is 9.72 Å². The molecular weight excluding hydrogens is 380 g/mol. The Morgan fingerprint density at radius 3 is 1.96 bits per heavy atom. The number of ether oxygens (including phenoxy) is 1. The third kappa shape index (κ3) is 2.16. The monoisotopic (exact) mass is 390 g/mol. The Labute approximate surface area is 155 Å². The summed E-state index contributed by atoms with van der Waals surface area (Å²) in [5.41, 5.74) is -1.93. The number of rotatable bonds is 2. The molecule has 0 fully saturated rings. The van der Waals surface area contributed by atoms with Gasteiger partial charge in [0.15, 0.2) is 17.4 Å². The van der Waals surface area contributed by atoms with Crippen molar-refractivity contribution in [3.05, 3.63) is 75.9 Å². The first-order chi connectivity index (χ1) is 13.3. The lowest BCUT2D eigenvalue weighted by Gasteiger charge is -2.18. The van der Waals surface area contributed by atoms with Crippen LogP contribution >= 0.6 is 0 Å². The molecule has 28 heavy (non-hydrogen) atoms. The normalized spacial score (nSPS) is 12.8. The van der Waals surface area contributed by atoms with Crippen LogP contribution in [0.5, 0.6) is 5.75 Å². The first-order valence-electron chi connectivity index (χ1n) is 7.97. The van der Waals surface area contributed by atoms with E-state index in [1.165, 1.54) is 25.1 Å². The predicted octanol–water partition coefficient (Wildman–Crippen LogP) is 3.52. The van der Waals surface area contributed by atoms with Crippen LogP contribution < -0.4 is 4.74 Å². The van der Waals surface area contributed by atoms with Crippen molar-refractivity contribution in [3.63, 3.8) is 0 Å². The van der Waals surface area contributed by atoms with Crippen LogP contribution in [0.2, 0.25) is 0 Å². The summed E-state index contributed by atoms with van der Waals surface area (Å²) in [6.07, 6.45) is 0. The molecule has 3 aromatic rings. The molecule has 0 unspecified atom stereocenters. The number of fused-ring (bicyclic) bond motifs is 2. The second-order valence-electron chi connectivity index (χ2n) is 6.03. The Balaban J connectivity index is 2.08. The number of carbonyl (C=O) groups excluding carboxylic acids is 2. The van der Waals surface area contributed by atoms with Gasteiger partial charge in [-0.15, -0.1) is 0 Å². The maximum absolute atomic E-state index is 14.6. The summed E-state index contributed by atoms with van der Waals surface area (Å²) in [6.45, 7) is 1.25. The molecule has 0 atom stereocenters. The SMILES string of the molecule is COc1c(F)c(F)c(-n2c(C)nc3c2C(=O)c2ccccc2C3=O)c(F)c1F. The summed E-state index contributed by atoms with van der Waals surface area (Å²) in [5, 5.41) is 0. The molecule has 0 amide bonds. The fourth-order valence-corrected chi connectivity index (χ4v) is 3.28. The molecule has 1 heterocycles. The molecule has 9 heteroatoms. The quantitative estimate of drug-likeness (QED) is 0.388. The molecule has 0 radical (unpaired) electrons. The van der Waals surface area contributed by atoms with Gasteiger partial charge in [0.05, 0.1) is 7.11 Å². The van der Waals surface area contributed by atoms with E-state index in [1.54, 1.807) is 6.07 Å². The second-order valence-corrected chi connectivity index (χ2v) is 6.03. The average molecular weight is 390 g/mol. The van der Waals surface area contributed by atoms with Crippen molar-refractivity contribution in [2.45, 2.75) is 6.92 Å². The summed E-state index contributed by atoms with van der Waals surface area (Å²) in [6, 6.07) is 5.84. The number of carbonyl (C=O) groups is 2. The van der Waals surface area contributed by atoms with Gasteiger partial charge in [0.1, 0.15) is 22.9 Å². The number of aryl methyl sites for hydroxylation is 1. The summed E-state index contributed by atoms with van der Waals surface area (Å²) in [5.74, 6) is -9.92. The minimum absolute atomic E-state index is 0.00331. The number of imidazole rings is 1. The number of nitrogens with zero attached hydrogens (tertiary/aromatic N) is 2. The standard InChI is InChI=1S/C19H10F4N2O3/c1-7-24-14-16(18(27)9-6-4-3-5-8(9)17(14)26)25(7)15-10(20)12(22)19(28-2)13(23)11(15)21/h3-6H,1-2H3. The topological polar surface area (TPSA) is 61.2 Å². The highest BCUT2D eigenvalue weighted by atomic mass is 19.2. The van der Waals surface area contributed by atoms with Crippen LogP contribution in [0.1, 0.15) is 37.9 Å². The lowest BCUT2D eigenvalue weighted by molar-refractivity contribution is 0.0972. The van der Waals surface area contributed by atoms with Crippen LogP contribution in [0, 0.1) is 30.2 Å². The lowest BCUT2D eigenvalue weighted by Crippen LogP contribution is -2.24. The molecule has 0 spiro atoms. The van der Waals surface area contributed by atoms with E-state index in [0.29, 0.717) is 4.57 Å². The molecule has 142 valence electrons. The number of benzene rings is 2. The fraction of sp³-hybridized carbons (Fsp3) is 0.105. The Morgan fingerprint density at radius 1 is 0.893 bits per heavy atom. The summed E-state index contributed by atoms with van der Waals surface area (Å²) in [4.78, 5) is 29.5. The van der Waals surface area contributed by atoms with Gasteiger partial charge in [-0.2, -0.15) is 8.78 Å². The number of hydrogen-bond donors (Lipinski definition) is 0. The first-order valence-corrected chi connectivity index (χ1v) is 7.97. The molecule has 4 rings (SSSR count). The molecule has 5 nitrogen and oxygen atoms in total. The van der Waals surface area contributed by atoms with E-state index in [0.717, 1.165) is 7.11 Å². The minimum Gasteiger partial charge on any atom is -0.491 e. The third-order valence-electron chi connectivity index (χ3n) is 4.52. The molecule has 0 saturated carbocycles. The molecule has 1 aliphatic carbocycles. The van der Waals surface area contributed by atoms with Gasteiger partial charge in [-0.05, 0) is 6.92 Å². The number of hydrogen-bond acceptors (Lipinski definition) is 4. The first kappa shape index (κ1) is 17.9. The summed E-state index contributed by atoms with van der Waals surface area (Å²) in [7, 11) is 0.851. The molecule has 1 aliphatic rings. The minimum atomic E-state index is -1.78.